The standard InChI is InChI=1S/C21H40N6O3Si/c1-21(2,3)30-20(28)26-10-8-9-16(14-26)25-19(23-4)17-13-24-27(18(17)22)15-29-11-12-31(5,6)7/h13,16,22-23,25H,8-12,14-15H2,1-7H3/b19-17+,22-18?/t16-/m1/s1. The fraction of sp³-hybridized carbons (Fsp3) is 0.762. The molecule has 2 aliphatic rings. The third-order valence-corrected chi connectivity index (χ3v) is 6.69. The monoisotopic (exact) mass is 452 g/mol. The molecule has 1 fully saturated rings. The Kier molecular flexibility index (Phi) is 8.53. The fourth-order valence-corrected chi connectivity index (χ4v) is 4.03. The van der Waals surface area contributed by atoms with Crippen LogP contribution in [0.4, 0.5) is 4.79 Å². The van der Waals surface area contributed by atoms with Gasteiger partial charge in [0.15, 0.2) is 5.84 Å². The number of nitrogens with one attached hydrogen (secondary N) is 3. The number of nitrogens with zero attached hydrogens (tertiary/aromatic N) is 3. The molecule has 2 heterocycles. The molecule has 3 N–H and O–H groups in total. The summed E-state index contributed by atoms with van der Waals surface area (Å²) in [7, 11) is 0.675. The molecule has 0 unspecified atom stereocenters. The van der Waals surface area contributed by atoms with E-state index < -0.39 is 13.7 Å². The molecule has 0 aromatic carbocycles. The second kappa shape index (κ2) is 10.5. The summed E-state index contributed by atoms with van der Waals surface area (Å²) in [6, 6.07) is 1.15. The smallest absolute Gasteiger partial charge is 0.410 e. The predicted octanol–water partition coefficient (Wildman–Crippen LogP) is 3.00. The van der Waals surface area contributed by atoms with E-state index in [0.29, 0.717) is 31.1 Å². The first kappa shape index (κ1) is 25.2. The van der Waals surface area contributed by atoms with Crippen molar-refractivity contribution in [2.24, 2.45) is 5.10 Å². The van der Waals surface area contributed by atoms with E-state index in [1.54, 1.807) is 16.1 Å². The third-order valence-electron chi connectivity index (χ3n) is 4.99. The highest BCUT2D eigenvalue weighted by atomic mass is 28.3. The summed E-state index contributed by atoms with van der Waals surface area (Å²) in [5.41, 5.74) is 0.177. The van der Waals surface area contributed by atoms with Crippen molar-refractivity contribution in [2.75, 3.05) is 33.5 Å². The van der Waals surface area contributed by atoms with Crippen LogP contribution in [0.1, 0.15) is 33.6 Å². The molecule has 0 aliphatic carbocycles. The SMILES string of the molecule is CN/C(N[C@@H]1CCCN(C(=O)OC(C)(C)C)C1)=C1/C=NN(COCC[Si](C)(C)C)C1=N. The van der Waals surface area contributed by atoms with Gasteiger partial charge in [-0.15, -0.1) is 0 Å². The Labute approximate surface area is 187 Å². The summed E-state index contributed by atoms with van der Waals surface area (Å²) in [4.78, 5) is 14.2. The number of carbonyl (C=O) groups is 1. The average molecular weight is 453 g/mol. The van der Waals surface area contributed by atoms with E-state index in [2.05, 4.69) is 35.4 Å². The molecular formula is C21H40N6O3Si. The molecule has 1 amide bonds. The average Bonchev–Trinajstić information content (AvgIpc) is 3.02. The molecule has 2 rings (SSSR count). The minimum Gasteiger partial charge on any atom is -0.444 e. The third kappa shape index (κ3) is 8.17. The second-order valence-electron chi connectivity index (χ2n) is 10.3. The zero-order valence-electron chi connectivity index (χ0n) is 20.2. The van der Waals surface area contributed by atoms with Crippen molar-refractivity contribution in [2.45, 2.75) is 70.9 Å². The maximum absolute atomic E-state index is 12.4. The Morgan fingerprint density at radius 3 is 2.68 bits per heavy atom. The van der Waals surface area contributed by atoms with Crippen LogP contribution in [0.25, 0.3) is 0 Å². The normalized spacial score (nSPS) is 21.4. The Morgan fingerprint density at radius 1 is 1.35 bits per heavy atom. The van der Waals surface area contributed by atoms with Gasteiger partial charge in [-0.05, 0) is 39.7 Å². The highest BCUT2D eigenvalue weighted by Gasteiger charge is 2.29. The Morgan fingerprint density at radius 2 is 2.06 bits per heavy atom. The number of likely N-dealkylation sites (tertiary alicyclic amines) is 1. The molecule has 0 radical (unpaired) electrons. The summed E-state index contributed by atoms with van der Waals surface area (Å²) in [6.07, 6.45) is 3.23. The van der Waals surface area contributed by atoms with Crippen molar-refractivity contribution in [3.05, 3.63) is 11.4 Å². The largest absolute Gasteiger partial charge is 0.444 e. The summed E-state index contributed by atoms with van der Waals surface area (Å²) >= 11 is 0. The van der Waals surface area contributed by atoms with Gasteiger partial charge < -0.3 is 25.0 Å². The fourth-order valence-electron chi connectivity index (χ4n) is 3.27. The van der Waals surface area contributed by atoms with Gasteiger partial charge >= 0.3 is 6.09 Å². The summed E-state index contributed by atoms with van der Waals surface area (Å²) in [5.74, 6) is 1.03. The van der Waals surface area contributed by atoms with Gasteiger partial charge in [-0.25, -0.2) is 9.80 Å². The van der Waals surface area contributed by atoms with Gasteiger partial charge in [-0.1, -0.05) is 19.6 Å². The molecule has 2 aliphatic heterocycles. The number of amides is 1. The van der Waals surface area contributed by atoms with Crippen LogP contribution in [0.3, 0.4) is 0 Å². The predicted molar refractivity (Wildman–Crippen MR) is 127 cm³/mol. The number of hydrogen-bond donors (Lipinski definition) is 3. The molecule has 0 aromatic rings. The lowest BCUT2D eigenvalue weighted by atomic mass is 10.1. The molecule has 1 atom stereocenters. The summed E-state index contributed by atoms with van der Waals surface area (Å²) < 4.78 is 11.3. The van der Waals surface area contributed by atoms with E-state index in [1.165, 1.54) is 0 Å². The molecule has 176 valence electrons. The van der Waals surface area contributed by atoms with Crippen LogP contribution in [0.15, 0.2) is 16.5 Å². The maximum atomic E-state index is 12.4. The number of amidine groups is 1. The first-order valence-electron chi connectivity index (χ1n) is 11.0. The van der Waals surface area contributed by atoms with Crippen molar-refractivity contribution in [1.29, 1.82) is 5.41 Å². The van der Waals surface area contributed by atoms with Crippen molar-refractivity contribution in [3.8, 4) is 0 Å². The lowest BCUT2D eigenvalue weighted by Gasteiger charge is -2.35. The number of carbonyl (C=O) groups excluding carboxylic acids is 1. The Bertz CT molecular complexity index is 711. The van der Waals surface area contributed by atoms with Gasteiger partial charge in [-0.2, -0.15) is 5.10 Å². The van der Waals surface area contributed by atoms with Gasteiger partial charge in [0.2, 0.25) is 0 Å². The second-order valence-corrected chi connectivity index (χ2v) is 15.9. The topological polar surface area (TPSA) is 102 Å². The van der Waals surface area contributed by atoms with E-state index in [-0.39, 0.29) is 18.9 Å². The first-order valence-corrected chi connectivity index (χ1v) is 14.7. The highest BCUT2D eigenvalue weighted by Crippen LogP contribution is 2.18. The van der Waals surface area contributed by atoms with E-state index in [0.717, 1.165) is 24.7 Å². The molecule has 9 nitrogen and oxygen atoms in total. The van der Waals surface area contributed by atoms with Gasteiger partial charge in [0, 0.05) is 40.9 Å². The highest BCUT2D eigenvalue weighted by molar-refractivity contribution is 6.76. The van der Waals surface area contributed by atoms with Gasteiger partial charge in [-0.3, -0.25) is 5.41 Å². The van der Waals surface area contributed by atoms with Gasteiger partial charge in [0.25, 0.3) is 0 Å². The molecule has 1 saturated heterocycles. The number of hydrazone groups is 1. The zero-order chi connectivity index (χ0) is 23.2. The summed E-state index contributed by atoms with van der Waals surface area (Å²) in [6.45, 7) is 14.8. The minimum atomic E-state index is -1.14. The van der Waals surface area contributed by atoms with Crippen LogP contribution in [-0.4, -0.2) is 81.2 Å². The number of hydrogen-bond acceptors (Lipinski definition) is 7. The number of rotatable bonds is 8. The van der Waals surface area contributed by atoms with E-state index in [4.69, 9.17) is 14.9 Å². The molecule has 0 saturated carbocycles. The van der Waals surface area contributed by atoms with Crippen molar-refractivity contribution in [3.63, 3.8) is 0 Å². The van der Waals surface area contributed by atoms with Gasteiger partial charge in [0.1, 0.15) is 18.2 Å². The van der Waals surface area contributed by atoms with Crippen molar-refractivity contribution >= 4 is 26.2 Å². The molecule has 0 aromatic heterocycles. The Balaban J connectivity index is 1.93. The lowest BCUT2D eigenvalue weighted by Crippen LogP contribution is -2.50. The minimum absolute atomic E-state index is 0.0689. The molecule has 0 spiro atoms. The van der Waals surface area contributed by atoms with Crippen molar-refractivity contribution < 1.29 is 14.3 Å². The van der Waals surface area contributed by atoms with E-state index in [9.17, 15) is 4.79 Å². The van der Waals surface area contributed by atoms with E-state index >= 15 is 0 Å². The van der Waals surface area contributed by atoms with Crippen molar-refractivity contribution in [1.82, 2.24) is 20.5 Å². The molecule has 0 bridgehead atoms. The molecule has 31 heavy (non-hydrogen) atoms. The van der Waals surface area contributed by atoms with Crippen LogP contribution >= 0.6 is 0 Å². The lowest BCUT2D eigenvalue weighted by molar-refractivity contribution is 0.0190. The van der Waals surface area contributed by atoms with E-state index in [1.807, 2.05) is 27.8 Å². The van der Waals surface area contributed by atoms with Crippen LogP contribution in [0.2, 0.25) is 25.7 Å². The summed E-state index contributed by atoms with van der Waals surface area (Å²) in [5, 5.41) is 21.0. The number of ether oxygens (including phenoxy) is 2. The van der Waals surface area contributed by atoms with Gasteiger partial charge in [0.05, 0.1) is 11.8 Å². The maximum Gasteiger partial charge on any atom is 0.410 e. The van der Waals surface area contributed by atoms with Crippen LogP contribution in [0, 0.1) is 5.41 Å². The van der Waals surface area contributed by atoms with Crippen LogP contribution in [0.5, 0.6) is 0 Å². The Hall–Kier alpha value is -2.07. The number of piperidine rings is 1. The van der Waals surface area contributed by atoms with Crippen LogP contribution in [-0.2, 0) is 9.47 Å². The van der Waals surface area contributed by atoms with Crippen LogP contribution < -0.4 is 10.6 Å². The zero-order valence-corrected chi connectivity index (χ0v) is 21.2. The quantitative estimate of drug-likeness (QED) is 0.386. The molecular weight excluding hydrogens is 412 g/mol. The first-order chi connectivity index (χ1) is 14.4. The molecule has 10 heteroatoms.